The molecule has 0 amide bonds. The molecule has 0 saturated heterocycles. The Hall–Kier alpha value is -1.35. The lowest BCUT2D eigenvalue weighted by atomic mass is 9.90. The van der Waals surface area contributed by atoms with E-state index in [4.69, 9.17) is 10.5 Å². The van der Waals surface area contributed by atoms with Crippen LogP contribution in [0, 0.1) is 5.92 Å². The molecule has 0 heterocycles. The second-order valence-electron chi connectivity index (χ2n) is 5.34. The van der Waals surface area contributed by atoms with E-state index < -0.39 is 0 Å². The summed E-state index contributed by atoms with van der Waals surface area (Å²) in [5.74, 6) is 0.356. The predicted molar refractivity (Wildman–Crippen MR) is 76.1 cm³/mol. The average Bonchev–Trinajstić information content (AvgIpc) is 2.46. The monoisotopic (exact) mass is 261 g/mol. The molecule has 19 heavy (non-hydrogen) atoms. The number of carbonyl (C=O) groups excluding carboxylic acids is 1. The van der Waals surface area contributed by atoms with Crippen molar-refractivity contribution in [3.8, 4) is 0 Å². The van der Waals surface area contributed by atoms with Crippen molar-refractivity contribution in [3.63, 3.8) is 0 Å². The minimum absolute atomic E-state index is 0.204. The van der Waals surface area contributed by atoms with Gasteiger partial charge in [0.1, 0.15) is 0 Å². The van der Waals surface area contributed by atoms with Gasteiger partial charge in [-0.05, 0) is 49.4 Å². The van der Waals surface area contributed by atoms with Gasteiger partial charge in [0.15, 0.2) is 0 Å². The normalized spacial score (nSPS) is 16.3. The SMILES string of the molecule is NCCc1cccc(C(=O)OCC2CCCCC2)c1. The van der Waals surface area contributed by atoms with Gasteiger partial charge < -0.3 is 10.5 Å². The largest absolute Gasteiger partial charge is 0.462 e. The maximum atomic E-state index is 12.0. The van der Waals surface area contributed by atoms with Gasteiger partial charge in [-0.1, -0.05) is 31.4 Å². The lowest BCUT2D eigenvalue weighted by Gasteiger charge is -2.21. The van der Waals surface area contributed by atoms with Crippen LogP contribution in [0.2, 0.25) is 0 Å². The molecule has 0 unspecified atom stereocenters. The van der Waals surface area contributed by atoms with Crippen molar-refractivity contribution in [2.75, 3.05) is 13.2 Å². The molecule has 1 aliphatic carbocycles. The van der Waals surface area contributed by atoms with Gasteiger partial charge in [-0.2, -0.15) is 0 Å². The van der Waals surface area contributed by atoms with E-state index in [-0.39, 0.29) is 5.97 Å². The molecular formula is C16H23NO2. The molecule has 1 aromatic carbocycles. The van der Waals surface area contributed by atoms with E-state index in [0.29, 0.717) is 24.6 Å². The van der Waals surface area contributed by atoms with E-state index in [9.17, 15) is 4.79 Å². The highest BCUT2D eigenvalue weighted by atomic mass is 16.5. The Labute approximate surface area is 115 Å². The van der Waals surface area contributed by atoms with Crippen molar-refractivity contribution >= 4 is 5.97 Å². The highest BCUT2D eigenvalue weighted by Gasteiger charge is 2.16. The second-order valence-corrected chi connectivity index (χ2v) is 5.34. The maximum Gasteiger partial charge on any atom is 0.338 e. The average molecular weight is 261 g/mol. The van der Waals surface area contributed by atoms with Crippen LogP contribution in [-0.4, -0.2) is 19.1 Å². The topological polar surface area (TPSA) is 52.3 Å². The Bertz CT molecular complexity index is 411. The van der Waals surface area contributed by atoms with Crippen LogP contribution in [0.25, 0.3) is 0 Å². The quantitative estimate of drug-likeness (QED) is 0.829. The molecule has 1 aliphatic rings. The Balaban J connectivity index is 1.86. The number of rotatable bonds is 5. The summed E-state index contributed by atoms with van der Waals surface area (Å²) in [4.78, 5) is 12.0. The summed E-state index contributed by atoms with van der Waals surface area (Å²) < 4.78 is 5.43. The molecule has 0 aromatic heterocycles. The van der Waals surface area contributed by atoms with Crippen molar-refractivity contribution in [3.05, 3.63) is 35.4 Å². The third kappa shape index (κ3) is 4.35. The summed E-state index contributed by atoms with van der Waals surface area (Å²) >= 11 is 0. The molecular weight excluding hydrogens is 238 g/mol. The van der Waals surface area contributed by atoms with Gasteiger partial charge in [-0.15, -0.1) is 0 Å². The second kappa shape index (κ2) is 7.29. The summed E-state index contributed by atoms with van der Waals surface area (Å²) in [5.41, 5.74) is 7.26. The third-order valence-electron chi connectivity index (χ3n) is 3.77. The van der Waals surface area contributed by atoms with Gasteiger partial charge in [0, 0.05) is 0 Å². The van der Waals surface area contributed by atoms with Gasteiger partial charge in [-0.25, -0.2) is 4.79 Å². The van der Waals surface area contributed by atoms with E-state index in [0.717, 1.165) is 12.0 Å². The van der Waals surface area contributed by atoms with Crippen LogP contribution < -0.4 is 5.73 Å². The van der Waals surface area contributed by atoms with Crippen LogP contribution in [0.5, 0.6) is 0 Å². The fourth-order valence-electron chi connectivity index (χ4n) is 2.65. The third-order valence-corrected chi connectivity index (χ3v) is 3.77. The van der Waals surface area contributed by atoms with Gasteiger partial charge >= 0.3 is 5.97 Å². The van der Waals surface area contributed by atoms with Crippen LogP contribution in [0.15, 0.2) is 24.3 Å². The van der Waals surface area contributed by atoms with Gasteiger partial charge in [0.25, 0.3) is 0 Å². The number of esters is 1. The van der Waals surface area contributed by atoms with Crippen molar-refractivity contribution < 1.29 is 9.53 Å². The number of benzene rings is 1. The lowest BCUT2D eigenvalue weighted by Crippen LogP contribution is -2.17. The Kier molecular flexibility index (Phi) is 5.40. The summed E-state index contributed by atoms with van der Waals surface area (Å²) in [7, 11) is 0. The van der Waals surface area contributed by atoms with E-state index in [1.54, 1.807) is 0 Å². The van der Waals surface area contributed by atoms with E-state index >= 15 is 0 Å². The molecule has 0 radical (unpaired) electrons. The molecule has 2 rings (SSSR count). The van der Waals surface area contributed by atoms with Gasteiger partial charge in [-0.3, -0.25) is 0 Å². The molecule has 1 aromatic rings. The summed E-state index contributed by atoms with van der Waals surface area (Å²) in [6, 6.07) is 7.58. The highest BCUT2D eigenvalue weighted by Crippen LogP contribution is 2.24. The smallest absolute Gasteiger partial charge is 0.338 e. The van der Waals surface area contributed by atoms with E-state index in [1.165, 1.54) is 32.1 Å². The van der Waals surface area contributed by atoms with Crippen molar-refractivity contribution in [2.24, 2.45) is 11.7 Å². The molecule has 1 saturated carbocycles. The molecule has 104 valence electrons. The Morgan fingerprint density at radius 3 is 2.79 bits per heavy atom. The minimum Gasteiger partial charge on any atom is -0.462 e. The van der Waals surface area contributed by atoms with Crippen LogP contribution in [0.4, 0.5) is 0 Å². The molecule has 1 fully saturated rings. The van der Waals surface area contributed by atoms with Crippen LogP contribution in [0.1, 0.15) is 48.0 Å². The number of ether oxygens (including phenoxy) is 1. The van der Waals surface area contributed by atoms with E-state index in [2.05, 4.69) is 0 Å². The van der Waals surface area contributed by atoms with Crippen molar-refractivity contribution in [1.29, 1.82) is 0 Å². The van der Waals surface area contributed by atoms with Crippen molar-refractivity contribution in [1.82, 2.24) is 0 Å². The molecule has 0 spiro atoms. The van der Waals surface area contributed by atoms with Crippen LogP contribution >= 0.6 is 0 Å². The predicted octanol–water partition coefficient (Wildman–Crippen LogP) is 2.92. The molecule has 0 aliphatic heterocycles. The zero-order valence-electron chi connectivity index (χ0n) is 11.4. The first-order valence-electron chi connectivity index (χ1n) is 7.25. The number of hydrogen-bond donors (Lipinski definition) is 1. The number of hydrogen-bond acceptors (Lipinski definition) is 3. The summed E-state index contributed by atoms with van der Waals surface area (Å²) in [5, 5.41) is 0. The summed E-state index contributed by atoms with van der Waals surface area (Å²) in [6.07, 6.45) is 7.05. The Morgan fingerprint density at radius 1 is 1.26 bits per heavy atom. The summed E-state index contributed by atoms with van der Waals surface area (Å²) in [6.45, 7) is 1.17. The van der Waals surface area contributed by atoms with Crippen LogP contribution in [0.3, 0.4) is 0 Å². The fraction of sp³-hybridized carbons (Fsp3) is 0.562. The minimum atomic E-state index is -0.204. The van der Waals surface area contributed by atoms with Crippen LogP contribution in [-0.2, 0) is 11.2 Å². The zero-order chi connectivity index (χ0) is 13.5. The first-order valence-corrected chi connectivity index (χ1v) is 7.25. The Morgan fingerprint density at radius 2 is 2.05 bits per heavy atom. The van der Waals surface area contributed by atoms with Gasteiger partial charge in [0.2, 0.25) is 0 Å². The molecule has 3 heteroatoms. The fourth-order valence-corrected chi connectivity index (χ4v) is 2.65. The first-order chi connectivity index (χ1) is 9.29. The van der Waals surface area contributed by atoms with E-state index in [1.807, 2.05) is 24.3 Å². The molecule has 2 N–H and O–H groups in total. The van der Waals surface area contributed by atoms with Crippen molar-refractivity contribution in [2.45, 2.75) is 38.5 Å². The molecule has 0 bridgehead atoms. The van der Waals surface area contributed by atoms with Gasteiger partial charge in [0.05, 0.1) is 12.2 Å². The number of nitrogens with two attached hydrogens (primary N) is 1. The maximum absolute atomic E-state index is 12.0. The first kappa shape index (κ1) is 14.1. The molecule has 3 nitrogen and oxygen atoms in total. The zero-order valence-corrected chi connectivity index (χ0v) is 11.4. The highest BCUT2D eigenvalue weighted by molar-refractivity contribution is 5.89. The lowest BCUT2D eigenvalue weighted by molar-refractivity contribution is 0.0410. The standard InChI is InChI=1S/C16H23NO2/c17-10-9-13-7-4-8-15(11-13)16(18)19-12-14-5-2-1-3-6-14/h4,7-8,11,14H,1-3,5-6,9-10,12,17H2. The molecule has 0 atom stereocenters. The number of carbonyl (C=O) groups is 1.